The van der Waals surface area contributed by atoms with Crippen LogP contribution in [0.4, 0.5) is 0 Å². The summed E-state index contributed by atoms with van der Waals surface area (Å²) in [5.41, 5.74) is 1.84. The minimum Gasteiger partial charge on any atom is -0.393 e. The Morgan fingerprint density at radius 3 is 2.56 bits per heavy atom. The molecular formula is C23H36O2. The highest BCUT2D eigenvalue weighted by molar-refractivity contribution is 5.83. The van der Waals surface area contributed by atoms with E-state index in [0.29, 0.717) is 23.0 Å². The van der Waals surface area contributed by atoms with Crippen molar-refractivity contribution in [1.82, 2.24) is 0 Å². The summed E-state index contributed by atoms with van der Waals surface area (Å²) in [6, 6.07) is 0. The largest absolute Gasteiger partial charge is 0.393 e. The Morgan fingerprint density at radius 2 is 1.88 bits per heavy atom. The van der Waals surface area contributed by atoms with Crippen molar-refractivity contribution in [2.75, 3.05) is 0 Å². The van der Waals surface area contributed by atoms with Gasteiger partial charge in [0.05, 0.1) is 6.10 Å². The summed E-state index contributed by atoms with van der Waals surface area (Å²) >= 11 is 0. The quantitative estimate of drug-likeness (QED) is 0.668. The van der Waals surface area contributed by atoms with Crippen LogP contribution in [0.15, 0.2) is 11.6 Å². The smallest absolute Gasteiger partial charge is 0.136 e. The number of hydrogen-bond donors (Lipinski definition) is 1. The summed E-state index contributed by atoms with van der Waals surface area (Å²) in [6.07, 6.45) is 10.2. The van der Waals surface area contributed by atoms with Gasteiger partial charge >= 0.3 is 0 Å². The number of fused-ring (bicyclic) bond motifs is 5. The Balaban J connectivity index is 1.72. The number of carbonyl (C=O) groups is 1. The second-order valence-corrected chi connectivity index (χ2v) is 10.5. The number of ketones is 1. The van der Waals surface area contributed by atoms with Crippen LogP contribution in [0.2, 0.25) is 0 Å². The zero-order chi connectivity index (χ0) is 18.2. The van der Waals surface area contributed by atoms with Crippen LogP contribution in [0.3, 0.4) is 0 Å². The molecule has 0 saturated heterocycles. The van der Waals surface area contributed by atoms with Gasteiger partial charge in [0.15, 0.2) is 0 Å². The average molecular weight is 345 g/mol. The van der Waals surface area contributed by atoms with E-state index in [1.54, 1.807) is 0 Å². The molecule has 4 rings (SSSR count). The maximum Gasteiger partial charge on any atom is 0.136 e. The first kappa shape index (κ1) is 17.8. The van der Waals surface area contributed by atoms with Crippen LogP contribution in [0.1, 0.15) is 79.6 Å². The normalized spacial score (nSPS) is 55.0. The molecule has 0 spiro atoms. The number of Topliss-reactive ketones (excluding diaryl/α,β-unsaturated/α-hetero) is 1. The molecule has 0 aromatic heterocycles. The molecule has 1 N–H and O–H groups in total. The highest BCUT2D eigenvalue weighted by Gasteiger charge is 2.66. The fraction of sp³-hybridized carbons (Fsp3) is 0.870. The standard InChI is InChI=1S/C23H36O2/c1-14-12-20-18-7-6-16-13-17(25)8-10-21(16,3)19(18)9-11-22(20,4)23(14,5)15(2)24/h6,14,17-20,25H,7-13H2,1-5H3/t14-,17+,18-,19+,20-,21+,22+,23-/m1/s1. The Bertz CT molecular complexity index is 622. The van der Waals surface area contributed by atoms with Gasteiger partial charge in [0, 0.05) is 5.41 Å². The SMILES string of the molecule is CC(=O)[C@@]1(C)[C@H](C)C[C@@H]2[C@@H]3CC=C4C[C@@H](O)CC[C@]4(C)[C@H]3CC[C@@]21C. The monoisotopic (exact) mass is 344 g/mol. The van der Waals surface area contributed by atoms with Gasteiger partial charge in [-0.1, -0.05) is 39.3 Å². The number of rotatable bonds is 1. The third-order valence-corrected chi connectivity index (χ3v) is 9.98. The van der Waals surface area contributed by atoms with Crippen molar-refractivity contribution >= 4 is 5.78 Å². The molecule has 0 unspecified atom stereocenters. The maximum absolute atomic E-state index is 12.7. The Morgan fingerprint density at radius 1 is 1.16 bits per heavy atom. The molecule has 0 amide bonds. The summed E-state index contributed by atoms with van der Waals surface area (Å²) in [6.45, 7) is 11.3. The lowest BCUT2D eigenvalue weighted by molar-refractivity contribution is -0.140. The van der Waals surface area contributed by atoms with Crippen molar-refractivity contribution in [3.05, 3.63) is 11.6 Å². The molecule has 0 aliphatic heterocycles. The van der Waals surface area contributed by atoms with Gasteiger partial charge in [-0.15, -0.1) is 0 Å². The van der Waals surface area contributed by atoms with Gasteiger partial charge in [-0.25, -0.2) is 0 Å². The van der Waals surface area contributed by atoms with E-state index >= 15 is 0 Å². The molecule has 3 fully saturated rings. The molecule has 4 aliphatic rings. The maximum atomic E-state index is 12.7. The van der Waals surface area contributed by atoms with Gasteiger partial charge in [0.1, 0.15) is 5.78 Å². The zero-order valence-electron chi connectivity index (χ0n) is 16.8. The molecule has 4 aliphatic carbocycles. The van der Waals surface area contributed by atoms with Crippen LogP contribution < -0.4 is 0 Å². The number of aliphatic hydroxyl groups is 1. The lowest BCUT2D eigenvalue weighted by atomic mass is 9.45. The molecule has 2 nitrogen and oxygen atoms in total. The molecule has 0 radical (unpaired) electrons. The summed E-state index contributed by atoms with van der Waals surface area (Å²) < 4.78 is 0. The van der Waals surface area contributed by atoms with E-state index in [0.717, 1.165) is 31.1 Å². The van der Waals surface area contributed by atoms with Crippen LogP contribution in [0.25, 0.3) is 0 Å². The molecule has 3 saturated carbocycles. The molecule has 2 heteroatoms. The topological polar surface area (TPSA) is 37.3 Å². The zero-order valence-corrected chi connectivity index (χ0v) is 16.8. The average Bonchev–Trinajstić information content (AvgIpc) is 2.77. The van der Waals surface area contributed by atoms with Crippen LogP contribution in [-0.4, -0.2) is 17.0 Å². The van der Waals surface area contributed by atoms with Crippen LogP contribution >= 0.6 is 0 Å². The minimum atomic E-state index is -0.156. The highest BCUT2D eigenvalue weighted by atomic mass is 16.3. The number of hydrogen-bond acceptors (Lipinski definition) is 2. The first-order chi connectivity index (χ1) is 11.6. The summed E-state index contributed by atoms with van der Waals surface area (Å²) in [5.74, 6) is 3.05. The van der Waals surface area contributed by atoms with E-state index < -0.39 is 0 Å². The van der Waals surface area contributed by atoms with Crippen molar-refractivity contribution in [3.63, 3.8) is 0 Å². The lowest BCUT2D eigenvalue weighted by Gasteiger charge is -2.59. The fourth-order valence-electron chi connectivity index (χ4n) is 7.97. The second kappa shape index (κ2) is 5.44. The van der Waals surface area contributed by atoms with Gasteiger partial charge in [-0.3, -0.25) is 4.79 Å². The van der Waals surface area contributed by atoms with Gasteiger partial charge in [0.25, 0.3) is 0 Å². The summed E-state index contributed by atoms with van der Waals surface area (Å²) in [4.78, 5) is 12.7. The predicted molar refractivity (Wildman–Crippen MR) is 101 cm³/mol. The van der Waals surface area contributed by atoms with Crippen molar-refractivity contribution in [2.45, 2.75) is 85.7 Å². The predicted octanol–water partition coefficient (Wildman–Crippen LogP) is 5.15. The molecular weight excluding hydrogens is 308 g/mol. The Hall–Kier alpha value is -0.630. The highest BCUT2D eigenvalue weighted by Crippen LogP contribution is 2.71. The summed E-state index contributed by atoms with van der Waals surface area (Å²) in [7, 11) is 0. The number of allylic oxidation sites excluding steroid dienone is 1. The second-order valence-electron chi connectivity index (χ2n) is 10.5. The molecule has 0 heterocycles. The third kappa shape index (κ3) is 2.10. The first-order valence-corrected chi connectivity index (χ1v) is 10.5. The van der Waals surface area contributed by atoms with E-state index in [1.165, 1.54) is 31.3 Å². The van der Waals surface area contributed by atoms with E-state index in [-0.39, 0.29) is 16.9 Å². The van der Waals surface area contributed by atoms with Crippen LogP contribution in [-0.2, 0) is 4.79 Å². The van der Waals surface area contributed by atoms with Crippen molar-refractivity contribution < 1.29 is 9.90 Å². The first-order valence-electron chi connectivity index (χ1n) is 10.5. The van der Waals surface area contributed by atoms with Crippen LogP contribution in [0.5, 0.6) is 0 Å². The van der Waals surface area contributed by atoms with Gasteiger partial charge < -0.3 is 5.11 Å². The molecule has 8 atom stereocenters. The van der Waals surface area contributed by atoms with E-state index in [2.05, 4.69) is 33.8 Å². The molecule has 0 bridgehead atoms. The van der Waals surface area contributed by atoms with E-state index in [1.807, 2.05) is 6.92 Å². The third-order valence-electron chi connectivity index (χ3n) is 9.98. The Kier molecular flexibility index (Phi) is 3.87. The lowest BCUT2D eigenvalue weighted by Crippen LogP contribution is -2.53. The van der Waals surface area contributed by atoms with E-state index in [9.17, 15) is 9.90 Å². The molecule has 140 valence electrons. The van der Waals surface area contributed by atoms with Crippen molar-refractivity contribution in [3.8, 4) is 0 Å². The number of carbonyl (C=O) groups excluding carboxylic acids is 1. The molecule has 25 heavy (non-hydrogen) atoms. The van der Waals surface area contributed by atoms with E-state index in [4.69, 9.17) is 0 Å². The van der Waals surface area contributed by atoms with Crippen molar-refractivity contribution in [1.29, 1.82) is 0 Å². The summed E-state index contributed by atoms with van der Waals surface area (Å²) in [5, 5.41) is 10.1. The fourth-order valence-corrected chi connectivity index (χ4v) is 7.97. The molecule has 0 aromatic carbocycles. The van der Waals surface area contributed by atoms with Crippen LogP contribution in [0, 0.1) is 39.9 Å². The number of aliphatic hydroxyl groups excluding tert-OH is 1. The molecule has 0 aromatic rings. The van der Waals surface area contributed by atoms with Gasteiger partial charge in [0.2, 0.25) is 0 Å². The van der Waals surface area contributed by atoms with Gasteiger partial charge in [-0.2, -0.15) is 0 Å². The van der Waals surface area contributed by atoms with Crippen molar-refractivity contribution in [2.24, 2.45) is 39.9 Å². The minimum absolute atomic E-state index is 0.128. The van der Waals surface area contributed by atoms with Gasteiger partial charge in [-0.05, 0) is 86.4 Å². The Labute approximate surface area is 153 Å².